The predicted octanol–water partition coefficient (Wildman–Crippen LogP) is 3.51. The molecule has 0 aromatic heterocycles. The van der Waals surface area contributed by atoms with Crippen molar-refractivity contribution < 1.29 is 14.4 Å². The lowest BCUT2D eigenvalue weighted by molar-refractivity contribution is -0.120. The zero-order chi connectivity index (χ0) is 22.2. The molecule has 4 amide bonds. The first-order valence-corrected chi connectivity index (χ1v) is 11.5. The zero-order valence-electron chi connectivity index (χ0n) is 18.3. The van der Waals surface area contributed by atoms with Gasteiger partial charge < -0.3 is 9.80 Å². The minimum atomic E-state index is -0.504. The molecule has 1 N–H and O–H groups in total. The van der Waals surface area contributed by atoms with Crippen LogP contribution in [0.15, 0.2) is 18.2 Å². The van der Waals surface area contributed by atoms with Crippen molar-refractivity contribution in [1.82, 2.24) is 15.1 Å². The van der Waals surface area contributed by atoms with Crippen molar-refractivity contribution in [3.8, 4) is 0 Å². The highest BCUT2D eigenvalue weighted by atomic mass is 35.5. The zero-order valence-corrected chi connectivity index (χ0v) is 19.1. The molecular weight excluding hydrogens is 416 g/mol. The van der Waals surface area contributed by atoms with Gasteiger partial charge in [0.15, 0.2) is 0 Å². The number of rotatable bonds is 3. The van der Waals surface area contributed by atoms with Crippen molar-refractivity contribution in [2.24, 2.45) is 5.41 Å². The first kappa shape index (κ1) is 22.1. The smallest absolute Gasteiger partial charge is 0.328 e. The van der Waals surface area contributed by atoms with Gasteiger partial charge in [-0.05, 0) is 76.2 Å². The summed E-state index contributed by atoms with van der Waals surface area (Å²) in [5.41, 5.74) is 1.37. The summed E-state index contributed by atoms with van der Waals surface area (Å²) in [4.78, 5) is 42.5. The number of piperidine rings is 1. The van der Waals surface area contributed by atoms with Crippen LogP contribution in [0.3, 0.4) is 0 Å². The fraction of sp³-hybridized carbons (Fsp3) is 0.609. The molecule has 1 saturated carbocycles. The van der Waals surface area contributed by atoms with Crippen LogP contribution in [-0.4, -0.2) is 67.4 Å². The molecule has 1 aliphatic carbocycles. The number of hydrogen-bond acceptors (Lipinski definition) is 4. The van der Waals surface area contributed by atoms with Gasteiger partial charge in [-0.25, -0.2) is 4.79 Å². The van der Waals surface area contributed by atoms with E-state index >= 15 is 0 Å². The molecule has 0 bridgehead atoms. The number of halogens is 1. The summed E-state index contributed by atoms with van der Waals surface area (Å²) in [5, 5.41) is 2.69. The first-order valence-electron chi connectivity index (χ1n) is 11.1. The third-order valence-corrected chi connectivity index (χ3v) is 7.71. The molecular formula is C23H31ClN4O3. The molecule has 1 spiro atoms. The second kappa shape index (κ2) is 8.79. The number of nitrogens with one attached hydrogen (secondary N) is 1. The largest absolute Gasteiger partial charge is 0.339 e. The maximum absolute atomic E-state index is 13.2. The Bertz CT molecular complexity index is 870. The van der Waals surface area contributed by atoms with Gasteiger partial charge in [0.05, 0.1) is 10.7 Å². The lowest BCUT2D eigenvalue weighted by atomic mass is 9.67. The van der Waals surface area contributed by atoms with E-state index in [1.807, 2.05) is 4.90 Å². The number of hydrogen-bond donors (Lipinski definition) is 1. The van der Waals surface area contributed by atoms with Crippen molar-refractivity contribution in [2.75, 3.05) is 38.6 Å². The molecule has 3 aliphatic rings. The molecule has 2 aliphatic heterocycles. The summed E-state index contributed by atoms with van der Waals surface area (Å²) in [5.74, 6) is -0.324. The van der Waals surface area contributed by atoms with Crippen molar-refractivity contribution in [3.63, 3.8) is 0 Å². The predicted molar refractivity (Wildman–Crippen MR) is 120 cm³/mol. The van der Waals surface area contributed by atoms with Gasteiger partial charge in [0.2, 0.25) is 5.91 Å². The van der Waals surface area contributed by atoms with Crippen LogP contribution in [0.1, 0.15) is 55.3 Å². The van der Waals surface area contributed by atoms with E-state index in [0.29, 0.717) is 27.7 Å². The van der Waals surface area contributed by atoms with Crippen molar-refractivity contribution in [3.05, 3.63) is 28.8 Å². The van der Waals surface area contributed by atoms with E-state index in [0.717, 1.165) is 25.9 Å². The Morgan fingerprint density at radius 1 is 1.10 bits per heavy atom. The van der Waals surface area contributed by atoms with Gasteiger partial charge in [0.25, 0.3) is 5.91 Å². The van der Waals surface area contributed by atoms with Gasteiger partial charge in [-0.1, -0.05) is 11.6 Å². The third kappa shape index (κ3) is 4.58. The van der Waals surface area contributed by atoms with E-state index < -0.39 is 6.03 Å². The van der Waals surface area contributed by atoms with Crippen LogP contribution >= 0.6 is 11.6 Å². The van der Waals surface area contributed by atoms with Gasteiger partial charge >= 0.3 is 6.03 Å². The summed E-state index contributed by atoms with van der Waals surface area (Å²) in [6.07, 6.45) is 7.27. The van der Waals surface area contributed by atoms with E-state index in [2.05, 4.69) is 24.3 Å². The van der Waals surface area contributed by atoms with E-state index in [4.69, 9.17) is 11.6 Å². The number of carbonyl (C=O) groups excluding carboxylic acids is 3. The molecule has 0 radical (unpaired) electrons. The van der Waals surface area contributed by atoms with Crippen molar-refractivity contribution in [2.45, 2.75) is 51.0 Å². The fourth-order valence-electron chi connectivity index (χ4n) is 5.24. The number of urea groups is 1. The van der Waals surface area contributed by atoms with Crippen LogP contribution in [0.4, 0.5) is 10.5 Å². The van der Waals surface area contributed by atoms with Gasteiger partial charge in [-0.15, -0.1) is 0 Å². The second-order valence-electron chi connectivity index (χ2n) is 9.41. The standard InChI is InChI=1S/C23H31ClN4O3/c1-26(2)17-5-8-23(9-6-17)10-13-27(14-11-23)21(30)16-3-4-18(24)19(15-16)28-12-7-20(29)25-22(28)31/h3-4,15,17H,5-14H2,1-2H3,(H,25,29,31). The average Bonchev–Trinajstić information content (AvgIpc) is 2.75. The lowest BCUT2D eigenvalue weighted by Crippen LogP contribution is -2.49. The highest BCUT2D eigenvalue weighted by Crippen LogP contribution is 2.45. The molecule has 1 aromatic carbocycles. The Balaban J connectivity index is 1.42. The van der Waals surface area contributed by atoms with Crippen molar-refractivity contribution in [1.29, 1.82) is 0 Å². The molecule has 168 valence electrons. The molecule has 3 fully saturated rings. The summed E-state index contributed by atoms with van der Waals surface area (Å²) in [6.45, 7) is 1.78. The Morgan fingerprint density at radius 3 is 2.39 bits per heavy atom. The third-order valence-electron chi connectivity index (χ3n) is 7.40. The molecule has 4 rings (SSSR count). The second-order valence-corrected chi connectivity index (χ2v) is 9.82. The van der Waals surface area contributed by atoms with Gasteiger partial charge in [0.1, 0.15) is 0 Å². The normalized spacial score (nSPS) is 22.2. The van der Waals surface area contributed by atoms with Crippen LogP contribution in [0, 0.1) is 5.41 Å². The fourth-order valence-corrected chi connectivity index (χ4v) is 5.46. The van der Waals surface area contributed by atoms with Gasteiger partial charge in [0, 0.05) is 37.7 Å². The summed E-state index contributed by atoms with van der Waals surface area (Å²) in [7, 11) is 4.32. The number of benzene rings is 1. The summed E-state index contributed by atoms with van der Waals surface area (Å²) in [6, 6.07) is 5.22. The molecule has 2 heterocycles. The van der Waals surface area contributed by atoms with Crippen LogP contribution < -0.4 is 10.2 Å². The van der Waals surface area contributed by atoms with Crippen LogP contribution in [0.5, 0.6) is 0 Å². The molecule has 0 atom stereocenters. The number of imide groups is 1. The quantitative estimate of drug-likeness (QED) is 0.771. The average molecular weight is 447 g/mol. The Morgan fingerprint density at radius 2 is 1.77 bits per heavy atom. The molecule has 8 heteroatoms. The Hall–Kier alpha value is -2.12. The molecule has 2 saturated heterocycles. The Kier molecular flexibility index (Phi) is 6.26. The summed E-state index contributed by atoms with van der Waals surface area (Å²) >= 11 is 6.32. The minimum absolute atomic E-state index is 0.0248. The number of carbonyl (C=O) groups is 3. The highest BCUT2D eigenvalue weighted by Gasteiger charge is 2.39. The molecule has 0 unspecified atom stereocenters. The van der Waals surface area contributed by atoms with E-state index in [1.165, 1.54) is 30.6 Å². The van der Waals surface area contributed by atoms with Crippen LogP contribution in [0.2, 0.25) is 5.02 Å². The van der Waals surface area contributed by atoms with E-state index in [9.17, 15) is 14.4 Å². The number of likely N-dealkylation sites (tertiary alicyclic amines) is 1. The maximum atomic E-state index is 13.2. The number of amides is 4. The molecule has 7 nitrogen and oxygen atoms in total. The van der Waals surface area contributed by atoms with Crippen molar-refractivity contribution >= 4 is 35.1 Å². The Labute approximate surface area is 188 Å². The highest BCUT2D eigenvalue weighted by molar-refractivity contribution is 6.34. The van der Waals surface area contributed by atoms with Gasteiger partial charge in [-0.2, -0.15) is 0 Å². The SMILES string of the molecule is CN(C)C1CCC2(CC1)CCN(C(=O)c1ccc(Cl)c(N3CCC(=O)NC3=O)c1)CC2. The number of nitrogens with zero attached hydrogens (tertiary/aromatic N) is 3. The maximum Gasteiger partial charge on any atom is 0.328 e. The van der Waals surface area contributed by atoms with Crippen LogP contribution in [-0.2, 0) is 4.79 Å². The lowest BCUT2D eigenvalue weighted by Gasteiger charge is -2.47. The molecule has 1 aromatic rings. The monoisotopic (exact) mass is 446 g/mol. The van der Waals surface area contributed by atoms with Gasteiger partial charge in [-0.3, -0.25) is 19.8 Å². The summed E-state index contributed by atoms with van der Waals surface area (Å²) < 4.78 is 0. The molecule has 31 heavy (non-hydrogen) atoms. The first-order chi connectivity index (χ1) is 14.8. The van der Waals surface area contributed by atoms with Crippen LogP contribution in [0.25, 0.3) is 0 Å². The van der Waals surface area contributed by atoms with E-state index in [-0.39, 0.29) is 24.8 Å². The topological polar surface area (TPSA) is 73.0 Å². The van der Waals surface area contributed by atoms with E-state index in [1.54, 1.807) is 18.2 Å². The minimum Gasteiger partial charge on any atom is -0.339 e. The number of anilines is 1.